The summed E-state index contributed by atoms with van der Waals surface area (Å²) in [6.45, 7) is 2.07. The van der Waals surface area contributed by atoms with Crippen LogP contribution < -0.4 is 10.0 Å². The van der Waals surface area contributed by atoms with Crippen molar-refractivity contribution in [3.63, 3.8) is 0 Å². The number of carbonyl (C=O) groups is 1. The van der Waals surface area contributed by atoms with Gasteiger partial charge in [0, 0.05) is 19.1 Å². The van der Waals surface area contributed by atoms with Gasteiger partial charge in [0.15, 0.2) is 0 Å². The summed E-state index contributed by atoms with van der Waals surface area (Å²) in [6, 6.07) is 12.6. The minimum absolute atomic E-state index is 0.00719. The molecule has 2 N–H and O–H groups in total. The molecule has 9 heteroatoms. The Hall–Kier alpha value is -1.64. The Labute approximate surface area is 187 Å². The molecular weight excluding hydrogens is 445 g/mol. The van der Waals surface area contributed by atoms with E-state index in [1.54, 1.807) is 0 Å². The summed E-state index contributed by atoms with van der Waals surface area (Å²) >= 11 is 12.2. The fraction of sp³-hybridized carbons (Fsp3) is 0.381. The Morgan fingerprint density at radius 3 is 2.50 bits per heavy atom. The molecule has 1 fully saturated rings. The van der Waals surface area contributed by atoms with E-state index in [2.05, 4.69) is 27.1 Å². The van der Waals surface area contributed by atoms with Gasteiger partial charge >= 0.3 is 0 Å². The number of hydrogen-bond donors (Lipinski definition) is 2. The third kappa shape index (κ3) is 6.43. The summed E-state index contributed by atoms with van der Waals surface area (Å²) in [5.74, 6) is -0.426. The van der Waals surface area contributed by atoms with E-state index >= 15 is 0 Å². The van der Waals surface area contributed by atoms with Crippen molar-refractivity contribution in [2.24, 2.45) is 0 Å². The number of benzene rings is 2. The van der Waals surface area contributed by atoms with Gasteiger partial charge in [-0.05, 0) is 50.6 Å². The Bertz CT molecular complexity index is 996. The van der Waals surface area contributed by atoms with Crippen LogP contribution in [0.4, 0.5) is 0 Å². The molecule has 0 aliphatic heterocycles. The Balaban J connectivity index is 1.55. The van der Waals surface area contributed by atoms with Crippen molar-refractivity contribution in [1.82, 2.24) is 14.9 Å². The van der Waals surface area contributed by atoms with Crippen LogP contribution in [0.3, 0.4) is 0 Å². The van der Waals surface area contributed by atoms with E-state index in [1.165, 1.54) is 17.7 Å². The second-order valence-corrected chi connectivity index (χ2v) is 9.99. The number of nitrogens with one attached hydrogen (secondary N) is 2. The average Bonchev–Trinajstić information content (AvgIpc) is 3.49. The zero-order valence-electron chi connectivity index (χ0n) is 16.7. The van der Waals surface area contributed by atoms with Gasteiger partial charge in [0.05, 0.1) is 15.6 Å². The van der Waals surface area contributed by atoms with Crippen molar-refractivity contribution in [2.45, 2.75) is 36.7 Å². The lowest BCUT2D eigenvalue weighted by atomic mass is 10.2. The maximum atomic E-state index is 12.6. The number of nitrogens with zero attached hydrogens (tertiary/aromatic N) is 1. The molecule has 1 aliphatic rings. The van der Waals surface area contributed by atoms with E-state index in [4.69, 9.17) is 23.2 Å². The average molecular weight is 470 g/mol. The second kappa shape index (κ2) is 10.1. The summed E-state index contributed by atoms with van der Waals surface area (Å²) in [4.78, 5) is 14.6. The van der Waals surface area contributed by atoms with Crippen LogP contribution in [0.2, 0.25) is 10.0 Å². The van der Waals surface area contributed by atoms with Gasteiger partial charge in [-0.25, -0.2) is 13.1 Å². The van der Waals surface area contributed by atoms with Crippen molar-refractivity contribution in [3.05, 3.63) is 63.6 Å². The molecule has 3 rings (SSSR count). The topological polar surface area (TPSA) is 78.5 Å². The van der Waals surface area contributed by atoms with Gasteiger partial charge in [0.25, 0.3) is 5.91 Å². The predicted octanol–water partition coefficient (Wildman–Crippen LogP) is 3.69. The maximum Gasteiger partial charge on any atom is 0.252 e. The third-order valence-electron chi connectivity index (χ3n) is 4.75. The molecule has 162 valence electrons. The van der Waals surface area contributed by atoms with E-state index in [-0.39, 0.29) is 26.5 Å². The Morgan fingerprint density at radius 2 is 1.83 bits per heavy atom. The first-order valence-corrected chi connectivity index (χ1v) is 12.0. The van der Waals surface area contributed by atoms with E-state index in [1.807, 2.05) is 25.2 Å². The van der Waals surface area contributed by atoms with Gasteiger partial charge < -0.3 is 10.2 Å². The SMILES string of the molecule is CN(CCCNC(=O)c1cc(S(=O)(=O)NC2CC2)c(Cl)cc1Cl)Cc1ccccc1. The molecule has 0 unspecified atom stereocenters. The molecular formula is C21H25Cl2N3O3S. The van der Waals surface area contributed by atoms with Crippen LogP contribution in [0.1, 0.15) is 35.2 Å². The lowest BCUT2D eigenvalue weighted by Crippen LogP contribution is -2.29. The normalized spacial score (nSPS) is 14.1. The van der Waals surface area contributed by atoms with Crippen molar-refractivity contribution in [3.8, 4) is 0 Å². The van der Waals surface area contributed by atoms with E-state index < -0.39 is 15.9 Å². The highest BCUT2D eigenvalue weighted by molar-refractivity contribution is 7.89. The highest BCUT2D eigenvalue weighted by atomic mass is 35.5. The van der Waals surface area contributed by atoms with Crippen LogP contribution in [0.25, 0.3) is 0 Å². The molecule has 2 aromatic rings. The van der Waals surface area contributed by atoms with Crippen molar-refractivity contribution >= 4 is 39.1 Å². The minimum Gasteiger partial charge on any atom is -0.352 e. The van der Waals surface area contributed by atoms with Crippen LogP contribution >= 0.6 is 23.2 Å². The lowest BCUT2D eigenvalue weighted by Gasteiger charge is -2.17. The van der Waals surface area contributed by atoms with Gasteiger partial charge in [-0.1, -0.05) is 53.5 Å². The minimum atomic E-state index is -3.79. The molecule has 0 spiro atoms. The van der Waals surface area contributed by atoms with Crippen LogP contribution in [0, 0.1) is 0 Å². The number of sulfonamides is 1. The summed E-state index contributed by atoms with van der Waals surface area (Å²) in [6.07, 6.45) is 2.35. The summed E-state index contributed by atoms with van der Waals surface area (Å²) < 4.78 is 27.6. The molecule has 0 heterocycles. The van der Waals surface area contributed by atoms with Gasteiger partial charge in [-0.2, -0.15) is 0 Å². The highest BCUT2D eigenvalue weighted by Crippen LogP contribution is 2.30. The molecule has 6 nitrogen and oxygen atoms in total. The summed E-state index contributed by atoms with van der Waals surface area (Å²) in [5.41, 5.74) is 1.32. The molecule has 0 bridgehead atoms. The van der Waals surface area contributed by atoms with Crippen LogP contribution in [-0.2, 0) is 16.6 Å². The smallest absolute Gasteiger partial charge is 0.252 e. The molecule has 0 atom stereocenters. The highest BCUT2D eigenvalue weighted by Gasteiger charge is 2.30. The Kier molecular flexibility index (Phi) is 7.76. The lowest BCUT2D eigenvalue weighted by molar-refractivity contribution is 0.0952. The number of carbonyl (C=O) groups excluding carboxylic acids is 1. The zero-order valence-corrected chi connectivity index (χ0v) is 19.0. The first-order chi connectivity index (χ1) is 14.3. The van der Waals surface area contributed by atoms with E-state index in [0.29, 0.717) is 6.54 Å². The van der Waals surface area contributed by atoms with E-state index in [9.17, 15) is 13.2 Å². The maximum absolute atomic E-state index is 12.6. The van der Waals surface area contributed by atoms with Crippen molar-refractivity contribution < 1.29 is 13.2 Å². The molecule has 0 aromatic heterocycles. The molecule has 2 aromatic carbocycles. The Morgan fingerprint density at radius 1 is 1.13 bits per heavy atom. The number of rotatable bonds is 10. The molecule has 0 saturated heterocycles. The zero-order chi connectivity index (χ0) is 21.7. The molecule has 0 radical (unpaired) electrons. The van der Waals surface area contributed by atoms with E-state index in [0.717, 1.165) is 32.4 Å². The van der Waals surface area contributed by atoms with Gasteiger partial charge in [0.1, 0.15) is 4.90 Å². The number of amides is 1. The number of hydrogen-bond acceptors (Lipinski definition) is 4. The predicted molar refractivity (Wildman–Crippen MR) is 120 cm³/mol. The van der Waals surface area contributed by atoms with Gasteiger partial charge in [0.2, 0.25) is 10.0 Å². The van der Waals surface area contributed by atoms with Crippen molar-refractivity contribution in [2.75, 3.05) is 20.1 Å². The monoisotopic (exact) mass is 469 g/mol. The largest absolute Gasteiger partial charge is 0.352 e. The first kappa shape index (κ1) is 23.0. The third-order valence-corrected chi connectivity index (χ3v) is 7.05. The quantitative estimate of drug-likeness (QED) is 0.520. The summed E-state index contributed by atoms with van der Waals surface area (Å²) in [7, 11) is -1.77. The fourth-order valence-electron chi connectivity index (χ4n) is 3.01. The van der Waals surface area contributed by atoms with Crippen molar-refractivity contribution in [1.29, 1.82) is 0 Å². The standard InChI is InChI=1S/C21H25Cl2N3O3S/c1-26(14-15-6-3-2-4-7-15)11-5-10-24-21(27)17-12-20(19(23)13-18(17)22)30(28,29)25-16-8-9-16/h2-4,6-7,12-13,16,25H,5,8-11,14H2,1H3,(H,24,27). The summed E-state index contributed by atoms with van der Waals surface area (Å²) in [5, 5.41) is 2.91. The van der Waals surface area contributed by atoms with Gasteiger partial charge in [-0.15, -0.1) is 0 Å². The van der Waals surface area contributed by atoms with Gasteiger partial charge in [-0.3, -0.25) is 4.79 Å². The number of halogens is 2. The fourth-order valence-corrected chi connectivity index (χ4v) is 5.18. The van der Waals surface area contributed by atoms with Crippen LogP contribution in [0.5, 0.6) is 0 Å². The second-order valence-electron chi connectivity index (χ2n) is 7.49. The van der Waals surface area contributed by atoms with Crippen LogP contribution in [0.15, 0.2) is 47.4 Å². The molecule has 1 aliphatic carbocycles. The molecule has 30 heavy (non-hydrogen) atoms. The van der Waals surface area contributed by atoms with Crippen LogP contribution in [-0.4, -0.2) is 45.4 Å². The molecule has 1 amide bonds. The first-order valence-electron chi connectivity index (χ1n) is 9.78. The molecule has 1 saturated carbocycles.